The van der Waals surface area contributed by atoms with Crippen LogP contribution in [0, 0.1) is 0 Å². The fourth-order valence-corrected chi connectivity index (χ4v) is 6.59. The Labute approximate surface area is 264 Å². The van der Waals surface area contributed by atoms with E-state index in [9.17, 15) is 0 Å². The Balaban J connectivity index is 1.27. The average molecular weight is 578 g/mol. The summed E-state index contributed by atoms with van der Waals surface area (Å²) in [5, 5.41) is 0. The van der Waals surface area contributed by atoms with Crippen molar-refractivity contribution in [2.45, 2.75) is 19.3 Å². The molecular formula is C42H31N3. The summed E-state index contributed by atoms with van der Waals surface area (Å²) < 4.78 is 0. The van der Waals surface area contributed by atoms with E-state index in [1.165, 1.54) is 27.8 Å². The topological polar surface area (TPSA) is 38.7 Å². The van der Waals surface area contributed by atoms with Crippen molar-refractivity contribution in [3.05, 3.63) is 163 Å². The minimum absolute atomic E-state index is 0.0413. The standard InChI is InChI=1S/C42H31N3/c1-42(2)37-16-7-6-15-35(37)36-25-32(21-22-38(36)42)40-26-39(30-19-17-29(18-20-30)34-14-9-23-43-27-34)44-41(45-40)33-13-8-12-31(24-33)28-10-4-3-5-11-28/h3-27H,1-2H3. The molecule has 214 valence electrons. The van der Waals surface area contributed by atoms with E-state index < -0.39 is 0 Å². The molecule has 0 radical (unpaired) electrons. The zero-order valence-corrected chi connectivity index (χ0v) is 25.3. The Kier molecular flexibility index (Phi) is 6.46. The molecule has 0 fully saturated rings. The molecule has 0 N–H and O–H groups in total. The number of aromatic nitrogens is 3. The summed E-state index contributed by atoms with van der Waals surface area (Å²) in [6.07, 6.45) is 3.69. The van der Waals surface area contributed by atoms with Crippen molar-refractivity contribution in [1.29, 1.82) is 0 Å². The Hall–Kier alpha value is -5.67. The molecule has 0 saturated heterocycles. The van der Waals surface area contributed by atoms with Crippen molar-refractivity contribution in [3.63, 3.8) is 0 Å². The summed E-state index contributed by atoms with van der Waals surface area (Å²) in [4.78, 5) is 14.6. The van der Waals surface area contributed by atoms with Crippen molar-refractivity contribution in [2.24, 2.45) is 0 Å². The third kappa shape index (κ3) is 4.83. The first-order valence-electron chi connectivity index (χ1n) is 15.4. The summed E-state index contributed by atoms with van der Waals surface area (Å²) in [6, 6.07) is 49.3. The van der Waals surface area contributed by atoms with Crippen molar-refractivity contribution in [2.75, 3.05) is 0 Å². The maximum absolute atomic E-state index is 5.20. The Morgan fingerprint density at radius 3 is 1.84 bits per heavy atom. The summed E-state index contributed by atoms with van der Waals surface area (Å²) in [5.41, 5.74) is 14.7. The normalized spacial score (nSPS) is 12.8. The van der Waals surface area contributed by atoms with Gasteiger partial charge in [-0.3, -0.25) is 4.98 Å². The van der Waals surface area contributed by atoms with Crippen molar-refractivity contribution < 1.29 is 0 Å². The lowest BCUT2D eigenvalue weighted by molar-refractivity contribution is 0.660. The van der Waals surface area contributed by atoms with Gasteiger partial charge >= 0.3 is 0 Å². The van der Waals surface area contributed by atoms with E-state index in [2.05, 4.69) is 146 Å². The zero-order valence-electron chi connectivity index (χ0n) is 25.3. The van der Waals surface area contributed by atoms with E-state index in [-0.39, 0.29) is 5.41 Å². The van der Waals surface area contributed by atoms with Crippen LogP contribution in [0.15, 0.2) is 152 Å². The number of rotatable bonds is 5. The predicted octanol–water partition coefficient (Wildman–Crippen LogP) is 10.5. The number of fused-ring (bicyclic) bond motifs is 3. The lowest BCUT2D eigenvalue weighted by Crippen LogP contribution is -2.14. The molecule has 8 rings (SSSR count). The molecule has 45 heavy (non-hydrogen) atoms. The summed E-state index contributed by atoms with van der Waals surface area (Å²) in [6.45, 7) is 4.63. The number of benzene rings is 5. The van der Waals surface area contributed by atoms with Crippen LogP contribution in [0.1, 0.15) is 25.0 Å². The predicted molar refractivity (Wildman–Crippen MR) is 185 cm³/mol. The summed E-state index contributed by atoms with van der Waals surface area (Å²) in [5.74, 6) is 0.706. The van der Waals surface area contributed by atoms with E-state index in [0.29, 0.717) is 5.82 Å². The van der Waals surface area contributed by atoms with Crippen LogP contribution in [0.25, 0.3) is 67.3 Å². The molecular weight excluding hydrogens is 546 g/mol. The van der Waals surface area contributed by atoms with Gasteiger partial charge in [-0.25, -0.2) is 9.97 Å². The van der Waals surface area contributed by atoms with Crippen molar-refractivity contribution in [1.82, 2.24) is 15.0 Å². The number of hydrogen-bond acceptors (Lipinski definition) is 3. The molecule has 0 amide bonds. The molecule has 7 aromatic rings. The molecule has 3 heteroatoms. The molecule has 5 aromatic carbocycles. The van der Waals surface area contributed by atoms with Gasteiger partial charge in [0.15, 0.2) is 5.82 Å². The monoisotopic (exact) mass is 577 g/mol. The minimum atomic E-state index is -0.0413. The second kappa shape index (κ2) is 10.8. The molecule has 0 atom stereocenters. The van der Waals surface area contributed by atoms with Crippen LogP contribution >= 0.6 is 0 Å². The lowest BCUT2D eigenvalue weighted by Gasteiger charge is -2.21. The van der Waals surface area contributed by atoms with E-state index in [0.717, 1.165) is 44.8 Å². The number of pyridine rings is 1. The van der Waals surface area contributed by atoms with Gasteiger partial charge < -0.3 is 0 Å². The van der Waals surface area contributed by atoms with Crippen molar-refractivity contribution in [3.8, 4) is 67.3 Å². The van der Waals surface area contributed by atoms with Gasteiger partial charge in [0, 0.05) is 34.5 Å². The second-order valence-electron chi connectivity index (χ2n) is 12.2. The quantitative estimate of drug-likeness (QED) is 0.204. The molecule has 0 spiro atoms. The molecule has 2 heterocycles. The van der Waals surface area contributed by atoms with Gasteiger partial charge in [0.05, 0.1) is 11.4 Å². The fourth-order valence-electron chi connectivity index (χ4n) is 6.59. The first kappa shape index (κ1) is 26.9. The molecule has 1 aliphatic carbocycles. The molecule has 0 unspecified atom stereocenters. The molecule has 3 nitrogen and oxygen atoms in total. The maximum atomic E-state index is 5.20. The summed E-state index contributed by atoms with van der Waals surface area (Å²) >= 11 is 0. The number of nitrogens with zero attached hydrogens (tertiary/aromatic N) is 3. The van der Waals surface area contributed by atoms with Gasteiger partial charge in [-0.2, -0.15) is 0 Å². The highest BCUT2D eigenvalue weighted by atomic mass is 14.9. The molecule has 1 aliphatic rings. The smallest absolute Gasteiger partial charge is 0.160 e. The zero-order chi connectivity index (χ0) is 30.4. The molecule has 0 saturated carbocycles. The fraction of sp³-hybridized carbons (Fsp3) is 0.0714. The Bertz CT molecular complexity index is 2170. The minimum Gasteiger partial charge on any atom is -0.264 e. The van der Waals surface area contributed by atoms with E-state index in [1.807, 2.05) is 18.3 Å². The van der Waals surface area contributed by atoms with E-state index in [4.69, 9.17) is 9.97 Å². The first-order valence-corrected chi connectivity index (χ1v) is 15.4. The van der Waals surface area contributed by atoms with Crippen LogP contribution in [0.5, 0.6) is 0 Å². The second-order valence-corrected chi connectivity index (χ2v) is 12.2. The third-order valence-electron chi connectivity index (χ3n) is 9.01. The maximum Gasteiger partial charge on any atom is 0.160 e. The largest absolute Gasteiger partial charge is 0.264 e. The van der Waals surface area contributed by atoms with Crippen LogP contribution in [0.4, 0.5) is 0 Å². The first-order chi connectivity index (χ1) is 22.0. The van der Waals surface area contributed by atoms with Crippen LogP contribution in [0.3, 0.4) is 0 Å². The van der Waals surface area contributed by atoms with E-state index >= 15 is 0 Å². The number of hydrogen-bond donors (Lipinski definition) is 0. The van der Waals surface area contributed by atoms with Gasteiger partial charge in [0.2, 0.25) is 0 Å². The Morgan fingerprint density at radius 1 is 0.422 bits per heavy atom. The van der Waals surface area contributed by atoms with Crippen LogP contribution in [-0.4, -0.2) is 15.0 Å². The summed E-state index contributed by atoms with van der Waals surface area (Å²) in [7, 11) is 0. The molecule has 0 bridgehead atoms. The van der Waals surface area contributed by atoms with Gasteiger partial charge in [-0.15, -0.1) is 0 Å². The van der Waals surface area contributed by atoms with Crippen molar-refractivity contribution >= 4 is 0 Å². The highest BCUT2D eigenvalue weighted by Crippen LogP contribution is 2.49. The van der Waals surface area contributed by atoms with Gasteiger partial charge in [0.25, 0.3) is 0 Å². The van der Waals surface area contributed by atoms with Gasteiger partial charge in [0.1, 0.15) is 0 Å². The SMILES string of the molecule is CC1(C)c2ccccc2-c2cc(-c3cc(-c4ccc(-c5cccnc5)cc4)nc(-c4cccc(-c5ccccc5)c4)n3)ccc21. The average Bonchev–Trinajstić information content (AvgIpc) is 3.34. The molecule has 2 aromatic heterocycles. The van der Waals surface area contributed by atoms with Crippen LogP contribution in [0.2, 0.25) is 0 Å². The third-order valence-corrected chi connectivity index (χ3v) is 9.01. The van der Waals surface area contributed by atoms with Crippen LogP contribution < -0.4 is 0 Å². The van der Waals surface area contributed by atoms with Gasteiger partial charge in [-0.05, 0) is 68.8 Å². The Morgan fingerprint density at radius 2 is 1.04 bits per heavy atom. The molecule has 0 aliphatic heterocycles. The van der Waals surface area contributed by atoms with E-state index in [1.54, 1.807) is 6.20 Å². The highest BCUT2D eigenvalue weighted by molar-refractivity contribution is 5.85. The lowest BCUT2D eigenvalue weighted by atomic mass is 9.82. The van der Waals surface area contributed by atoms with Gasteiger partial charge in [-0.1, -0.05) is 129 Å². The van der Waals surface area contributed by atoms with Crippen LogP contribution in [-0.2, 0) is 5.41 Å². The highest BCUT2D eigenvalue weighted by Gasteiger charge is 2.35.